The molecule has 0 aromatic rings. The first kappa shape index (κ1) is 34.9. The fourth-order valence-electron chi connectivity index (χ4n) is 4.52. The zero-order valence-electron chi connectivity index (χ0n) is 24.2. The number of hydrogen-bond donors (Lipinski definition) is 1. The Morgan fingerprint density at radius 2 is 0.861 bits per heavy atom. The maximum atomic E-state index is 12.1. The van der Waals surface area contributed by atoms with E-state index in [-0.39, 0.29) is 25.1 Å². The van der Waals surface area contributed by atoms with Crippen molar-refractivity contribution in [3.05, 3.63) is 0 Å². The fraction of sp³-hybridized carbons (Fsp3) is 0.935. The maximum absolute atomic E-state index is 12.1. The molecular formula is C31H61NO4. The Kier molecular flexibility index (Phi) is 27.6. The highest BCUT2D eigenvalue weighted by Crippen LogP contribution is 2.14. The monoisotopic (exact) mass is 511 g/mol. The standard InChI is InChI=1S/C31H61NO4/c1-3-5-7-9-11-13-14-15-16-18-20-22-24-26-31(34)36-29(27-32)28-35-30(33)25-23-21-19-17-12-10-8-6-4-2/h29H,3-28,32H2,1-2H3. The van der Waals surface area contributed by atoms with E-state index in [1.165, 1.54) is 116 Å². The van der Waals surface area contributed by atoms with Gasteiger partial charge in [-0.05, 0) is 12.8 Å². The van der Waals surface area contributed by atoms with Crippen LogP contribution >= 0.6 is 0 Å². The van der Waals surface area contributed by atoms with Crippen molar-refractivity contribution in [2.75, 3.05) is 13.2 Å². The minimum atomic E-state index is -0.536. The van der Waals surface area contributed by atoms with Gasteiger partial charge in [0.05, 0.1) is 0 Å². The summed E-state index contributed by atoms with van der Waals surface area (Å²) < 4.78 is 10.7. The Hall–Kier alpha value is -1.10. The van der Waals surface area contributed by atoms with E-state index >= 15 is 0 Å². The SMILES string of the molecule is CCCCCCCCCCCCCCCC(=O)OC(CN)COC(=O)CCCCCCCCCCC. The molecule has 0 saturated heterocycles. The zero-order chi connectivity index (χ0) is 26.5. The number of hydrogen-bond acceptors (Lipinski definition) is 5. The predicted molar refractivity (Wildman–Crippen MR) is 152 cm³/mol. The summed E-state index contributed by atoms with van der Waals surface area (Å²) in [7, 11) is 0. The van der Waals surface area contributed by atoms with Crippen LogP contribution in [0.25, 0.3) is 0 Å². The molecule has 2 N–H and O–H groups in total. The third kappa shape index (κ3) is 26.0. The lowest BCUT2D eigenvalue weighted by molar-refractivity contribution is -0.158. The third-order valence-corrected chi connectivity index (χ3v) is 6.96. The molecule has 0 aliphatic carbocycles. The van der Waals surface area contributed by atoms with E-state index in [9.17, 15) is 9.59 Å². The third-order valence-electron chi connectivity index (χ3n) is 6.96. The van der Waals surface area contributed by atoms with E-state index in [1.54, 1.807) is 0 Å². The first-order valence-corrected chi connectivity index (χ1v) is 15.7. The van der Waals surface area contributed by atoms with Gasteiger partial charge in [-0.1, -0.05) is 142 Å². The molecular weight excluding hydrogens is 450 g/mol. The molecule has 1 unspecified atom stereocenters. The van der Waals surface area contributed by atoms with Crippen LogP contribution in [-0.4, -0.2) is 31.2 Å². The van der Waals surface area contributed by atoms with Gasteiger partial charge in [0.15, 0.2) is 0 Å². The summed E-state index contributed by atoms with van der Waals surface area (Å²) in [5.74, 6) is -0.451. The molecule has 0 rings (SSSR count). The van der Waals surface area contributed by atoms with E-state index in [4.69, 9.17) is 15.2 Å². The molecule has 0 spiro atoms. The smallest absolute Gasteiger partial charge is 0.306 e. The fourth-order valence-corrected chi connectivity index (χ4v) is 4.52. The molecule has 0 aromatic heterocycles. The van der Waals surface area contributed by atoms with Crippen LogP contribution in [-0.2, 0) is 19.1 Å². The largest absolute Gasteiger partial charge is 0.462 e. The molecule has 0 amide bonds. The van der Waals surface area contributed by atoms with E-state index in [2.05, 4.69) is 13.8 Å². The summed E-state index contributed by atoms with van der Waals surface area (Å²) in [6, 6.07) is 0. The van der Waals surface area contributed by atoms with Crippen LogP contribution < -0.4 is 5.73 Å². The minimum Gasteiger partial charge on any atom is -0.462 e. The van der Waals surface area contributed by atoms with E-state index < -0.39 is 6.10 Å². The topological polar surface area (TPSA) is 78.6 Å². The maximum Gasteiger partial charge on any atom is 0.306 e. The first-order chi connectivity index (χ1) is 17.6. The van der Waals surface area contributed by atoms with Crippen molar-refractivity contribution < 1.29 is 19.1 Å². The average molecular weight is 512 g/mol. The summed E-state index contributed by atoms with van der Waals surface area (Å²) in [4.78, 5) is 24.1. The summed E-state index contributed by atoms with van der Waals surface area (Å²) >= 11 is 0. The Morgan fingerprint density at radius 3 is 1.22 bits per heavy atom. The highest BCUT2D eigenvalue weighted by molar-refractivity contribution is 5.70. The molecule has 0 aromatic carbocycles. The van der Waals surface area contributed by atoms with Gasteiger partial charge < -0.3 is 15.2 Å². The minimum absolute atomic E-state index is 0.0666. The highest BCUT2D eigenvalue weighted by Gasteiger charge is 2.15. The lowest BCUT2D eigenvalue weighted by Crippen LogP contribution is -2.32. The lowest BCUT2D eigenvalue weighted by Gasteiger charge is -2.16. The Balaban J connectivity index is 3.56. The molecule has 5 nitrogen and oxygen atoms in total. The number of unbranched alkanes of at least 4 members (excludes halogenated alkanes) is 20. The van der Waals surface area contributed by atoms with Crippen LogP contribution in [0.2, 0.25) is 0 Å². The van der Waals surface area contributed by atoms with Crippen molar-refractivity contribution in [1.82, 2.24) is 0 Å². The molecule has 0 heterocycles. The molecule has 0 fully saturated rings. The van der Waals surface area contributed by atoms with Gasteiger partial charge in [-0.25, -0.2) is 0 Å². The summed E-state index contributed by atoms with van der Waals surface area (Å²) in [5.41, 5.74) is 5.71. The molecule has 0 radical (unpaired) electrons. The van der Waals surface area contributed by atoms with Crippen molar-refractivity contribution >= 4 is 11.9 Å². The van der Waals surface area contributed by atoms with Gasteiger partial charge in [0.25, 0.3) is 0 Å². The first-order valence-electron chi connectivity index (χ1n) is 15.7. The summed E-state index contributed by atoms with van der Waals surface area (Å²) in [6.07, 6.45) is 27.9. The Labute approximate surface area is 224 Å². The Bertz CT molecular complexity index is 483. The van der Waals surface area contributed by atoms with Crippen molar-refractivity contribution in [3.63, 3.8) is 0 Å². The molecule has 214 valence electrons. The average Bonchev–Trinajstić information content (AvgIpc) is 2.88. The predicted octanol–water partition coefficient (Wildman–Crippen LogP) is 8.80. The number of nitrogens with two attached hydrogens (primary N) is 1. The molecule has 0 aliphatic heterocycles. The van der Waals surface area contributed by atoms with Crippen LogP contribution in [0.5, 0.6) is 0 Å². The molecule has 0 saturated carbocycles. The van der Waals surface area contributed by atoms with E-state index in [1.807, 2.05) is 0 Å². The highest BCUT2D eigenvalue weighted by atomic mass is 16.6. The van der Waals surface area contributed by atoms with Gasteiger partial charge in [0.1, 0.15) is 12.7 Å². The number of carbonyl (C=O) groups is 2. The van der Waals surface area contributed by atoms with Crippen LogP contribution in [0.1, 0.15) is 168 Å². The van der Waals surface area contributed by atoms with Crippen LogP contribution in [0.3, 0.4) is 0 Å². The second-order valence-corrected chi connectivity index (χ2v) is 10.6. The van der Waals surface area contributed by atoms with E-state index in [0.717, 1.165) is 25.7 Å². The van der Waals surface area contributed by atoms with Crippen LogP contribution in [0, 0.1) is 0 Å². The molecule has 36 heavy (non-hydrogen) atoms. The molecule has 1 atom stereocenters. The van der Waals surface area contributed by atoms with Gasteiger partial charge in [-0.2, -0.15) is 0 Å². The number of carbonyl (C=O) groups excluding carboxylic acids is 2. The molecule has 5 heteroatoms. The normalized spacial score (nSPS) is 12.0. The quantitative estimate of drug-likeness (QED) is 0.0838. The van der Waals surface area contributed by atoms with Crippen LogP contribution in [0.4, 0.5) is 0 Å². The number of rotatable bonds is 28. The summed E-state index contributed by atoms with van der Waals surface area (Å²) in [6.45, 7) is 4.74. The van der Waals surface area contributed by atoms with Crippen LogP contribution in [0.15, 0.2) is 0 Å². The molecule has 0 aliphatic rings. The lowest BCUT2D eigenvalue weighted by atomic mass is 10.0. The van der Waals surface area contributed by atoms with Gasteiger partial charge in [0, 0.05) is 19.4 Å². The van der Waals surface area contributed by atoms with Gasteiger partial charge in [0.2, 0.25) is 0 Å². The summed E-state index contributed by atoms with van der Waals surface area (Å²) in [5, 5.41) is 0. The molecule has 0 bridgehead atoms. The zero-order valence-corrected chi connectivity index (χ0v) is 24.2. The number of esters is 2. The second-order valence-electron chi connectivity index (χ2n) is 10.6. The van der Waals surface area contributed by atoms with Gasteiger partial charge in [-0.3, -0.25) is 9.59 Å². The van der Waals surface area contributed by atoms with E-state index in [0.29, 0.717) is 12.8 Å². The van der Waals surface area contributed by atoms with Gasteiger partial charge >= 0.3 is 11.9 Å². The Morgan fingerprint density at radius 1 is 0.528 bits per heavy atom. The van der Waals surface area contributed by atoms with Gasteiger partial charge in [-0.15, -0.1) is 0 Å². The van der Waals surface area contributed by atoms with Crippen molar-refractivity contribution in [2.45, 2.75) is 174 Å². The number of ether oxygens (including phenoxy) is 2. The van der Waals surface area contributed by atoms with Crippen molar-refractivity contribution in [3.8, 4) is 0 Å². The second kappa shape index (κ2) is 28.5. The van der Waals surface area contributed by atoms with Crippen molar-refractivity contribution in [1.29, 1.82) is 0 Å². The van der Waals surface area contributed by atoms with Crippen molar-refractivity contribution in [2.24, 2.45) is 5.73 Å².